The second kappa shape index (κ2) is 4.96. The molecule has 0 saturated carbocycles. The van der Waals surface area contributed by atoms with Gasteiger partial charge in [0, 0.05) is 6.07 Å². The average molecular weight is 222 g/mol. The predicted molar refractivity (Wildman–Crippen MR) is 48.0 cm³/mol. The van der Waals surface area contributed by atoms with Crippen molar-refractivity contribution in [3.05, 3.63) is 24.3 Å². The average Bonchev–Trinajstić information content (AvgIpc) is 2.05. The van der Waals surface area contributed by atoms with Crippen molar-refractivity contribution in [2.45, 2.75) is 0 Å². The zero-order chi connectivity index (χ0) is 7.40. The van der Waals surface area contributed by atoms with E-state index in [1.54, 1.807) is 24.3 Å². The van der Waals surface area contributed by atoms with Gasteiger partial charge < -0.3 is 4.74 Å². The number of methoxy groups -OCH3 is 1. The summed E-state index contributed by atoms with van der Waals surface area (Å²) in [6, 6.07) is 6.64. The third-order valence-corrected chi connectivity index (χ3v) is 1.18. The SMILES string of the molecule is Br.COc1cccc(NF)c1. The minimum atomic E-state index is 0. The molecule has 0 unspecified atom stereocenters. The Morgan fingerprint density at radius 1 is 1.45 bits per heavy atom. The number of nitrogens with one attached hydrogen (secondary N) is 1. The molecule has 0 aliphatic carbocycles. The van der Waals surface area contributed by atoms with Gasteiger partial charge in [-0.15, -0.1) is 21.5 Å². The van der Waals surface area contributed by atoms with Gasteiger partial charge in [0.1, 0.15) is 5.75 Å². The van der Waals surface area contributed by atoms with Crippen LogP contribution in [0.4, 0.5) is 10.2 Å². The highest BCUT2D eigenvalue weighted by atomic mass is 79.9. The number of ether oxygens (including phenoxy) is 1. The highest BCUT2D eigenvalue weighted by Gasteiger charge is 1.91. The van der Waals surface area contributed by atoms with Crippen LogP contribution < -0.4 is 10.3 Å². The zero-order valence-corrected chi connectivity index (χ0v) is 7.72. The molecule has 0 aromatic heterocycles. The highest BCUT2D eigenvalue weighted by Crippen LogP contribution is 2.16. The van der Waals surface area contributed by atoms with Crippen LogP contribution in [0.1, 0.15) is 0 Å². The van der Waals surface area contributed by atoms with Gasteiger partial charge in [-0.25, -0.2) is 5.54 Å². The van der Waals surface area contributed by atoms with Crippen LogP contribution in [0.5, 0.6) is 5.75 Å². The number of hydrogen-bond donors (Lipinski definition) is 1. The molecule has 0 fully saturated rings. The zero-order valence-electron chi connectivity index (χ0n) is 6.00. The molecule has 0 aliphatic heterocycles. The molecule has 0 amide bonds. The molecule has 0 aliphatic rings. The van der Waals surface area contributed by atoms with Crippen LogP contribution in [0.15, 0.2) is 24.3 Å². The van der Waals surface area contributed by atoms with Crippen LogP contribution in [-0.2, 0) is 0 Å². The van der Waals surface area contributed by atoms with Crippen LogP contribution in [0, 0.1) is 0 Å². The lowest BCUT2D eigenvalue weighted by Gasteiger charge is -1.99. The van der Waals surface area contributed by atoms with Gasteiger partial charge in [0.2, 0.25) is 0 Å². The fraction of sp³-hybridized carbons (Fsp3) is 0.143. The summed E-state index contributed by atoms with van der Waals surface area (Å²) in [6.45, 7) is 0. The molecule has 0 spiro atoms. The van der Waals surface area contributed by atoms with Crippen molar-refractivity contribution in [2.24, 2.45) is 0 Å². The Morgan fingerprint density at radius 3 is 2.73 bits per heavy atom. The second-order valence-electron chi connectivity index (χ2n) is 1.83. The first-order valence-corrected chi connectivity index (χ1v) is 2.87. The van der Waals surface area contributed by atoms with Crippen molar-refractivity contribution < 1.29 is 9.22 Å². The van der Waals surface area contributed by atoms with Gasteiger partial charge in [-0.2, -0.15) is 0 Å². The maximum absolute atomic E-state index is 11.7. The minimum Gasteiger partial charge on any atom is -0.497 e. The van der Waals surface area contributed by atoms with Gasteiger partial charge in [0.15, 0.2) is 0 Å². The van der Waals surface area contributed by atoms with E-state index < -0.39 is 0 Å². The Hall–Kier alpha value is -0.770. The summed E-state index contributed by atoms with van der Waals surface area (Å²) in [5.74, 6) is 0.641. The molecule has 0 saturated heterocycles. The standard InChI is InChI=1S/C7H8FNO.BrH/c1-10-7-4-2-3-6(5-7)9-8;/h2-5,9H,1H3;1H. The fourth-order valence-corrected chi connectivity index (χ4v) is 0.682. The first-order chi connectivity index (χ1) is 4.86. The van der Waals surface area contributed by atoms with E-state index >= 15 is 0 Å². The maximum atomic E-state index is 11.7. The van der Waals surface area contributed by atoms with E-state index in [0.717, 1.165) is 0 Å². The van der Waals surface area contributed by atoms with Crippen molar-refractivity contribution in [1.82, 2.24) is 0 Å². The van der Waals surface area contributed by atoms with E-state index in [-0.39, 0.29) is 17.0 Å². The van der Waals surface area contributed by atoms with E-state index in [1.807, 2.05) is 0 Å². The van der Waals surface area contributed by atoms with Crippen molar-refractivity contribution in [3.8, 4) is 5.75 Å². The van der Waals surface area contributed by atoms with Crippen molar-refractivity contribution in [2.75, 3.05) is 12.6 Å². The lowest BCUT2D eigenvalue weighted by molar-refractivity contribution is 0.414. The van der Waals surface area contributed by atoms with Crippen LogP contribution in [0.3, 0.4) is 0 Å². The van der Waals surface area contributed by atoms with Gasteiger partial charge in [0.25, 0.3) is 0 Å². The number of rotatable bonds is 2. The van der Waals surface area contributed by atoms with E-state index in [0.29, 0.717) is 11.4 Å². The number of anilines is 1. The highest BCUT2D eigenvalue weighted by molar-refractivity contribution is 8.93. The Morgan fingerprint density at radius 2 is 2.18 bits per heavy atom. The molecule has 11 heavy (non-hydrogen) atoms. The Bertz CT molecular complexity index is 200. The van der Waals surface area contributed by atoms with E-state index in [4.69, 9.17) is 4.74 Å². The van der Waals surface area contributed by atoms with Crippen LogP contribution >= 0.6 is 17.0 Å². The molecule has 0 bridgehead atoms. The van der Waals surface area contributed by atoms with Gasteiger partial charge in [-0.1, -0.05) is 6.07 Å². The van der Waals surface area contributed by atoms with E-state index in [9.17, 15) is 4.48 Å². The molecule has 62 valence electrons. The molecule has 0 heterocycles. The number of hydrogen-bond acceptors (Lipinski definition) is 2. The van der Waals surface area contributed by atoms with Crippen LogP contribution in [0.2, 0.25) is 0 Å². The van der Waals surface area contributed by atoms with Gasteiger partial charge in [0.05, 0.1) is 12.8 Å². The van der Waals surface area contributed by atoms with Crippen LogP contribution in [0.25, 0.3) is 0 Å². The van der Waals surface area contributed by atoms with Gasteiger partial charge >= 0.3 is 0 Å². The minimum absolute atomic E-state index is 0. The first-order valence-electron chi connectivity index (χ1n) is 2.87. The quantitative estimate of drug-likeness (QED) is 0.776. The van der Waals surface area contributed by atoms with Gasteiger partial charge in [-0.3, -0.25) is 0 Å². The largest absolute Gasteiger partial charge is 0.497 e. The number of halogens is 2. The molecule has 4 heteroatoms. The van der Waals surface area contributed by atoms with Crippen molar-refractivity contribution in [1.29, 1.82) is 0 Å². The summed E-state index contributed by atoms with van der Waals surface area (Å²) in [6.07, 6.45) is 0. The summed E-state index contributed by atoms with van der Waals surface area (Å²) < 4.78 is 16.6. The smallest absolute Gasteiger partial charge is 0.121 e. The summed E-state index contributed by atoms with van der Waals surface area (Å²) in [5.41, 5.74) is 1.92. The predicted octanol–water partition coefficient (Wildman–Crippen LogP) is 2.57. The third-order valence-electron chi connectivity index (χ3n) is 1.18. The Labute approximate surface area is 75.1 Å². The maximum Gasteiger partial charge on any atom is 0.121 e. The third kappa shape index (κ3) is 2.76. The van der Waals surface area contributed by atoms with E-state index in [1.165, 1.54) is 12.6 Å². The number of benzene rings is 1. The topological polar surface area (TPSA) is 21.3 Å². The Balaban J connectivity index is 0.000001000. The molecule has 1 aromatic carbocycles. The Kier molecular flexibility index (Phi) is 4.61. The lowest BCUT2D eigenvalue weighted by atomic mass is 10.3. The monoisotopic (exact) mass is 221 g/mol. The molecule has 1 rings (SSSR count). The van der Waals surface area contributed by atoms with Crippen molar-refractivity contribution in [3.63, 3.8) is 0 Å². The molecule has 0 radical (unpaired) electrons. The lowest BCUT2D eigenvalue weighted by Crippen LogP contribution is -1.84. The molecule has 1 aromatic rings. The summed E-state index contributed by atoms with van der Waals surface area (Å²) in [7, 11) is 1.54. The first kappa shape index (κ1) is 10.2. The summed E-state index contributed by atoms with van der Waals surface area (Å²) in [4.78, 5) is 0. The van der Waals surface area contributed by atoms with E-state index in [2.05, 4.69) is 0 Å². The normalized spacial score (nSPS) is 8.18. The molecule has 1 N–H and O–H groups in total. The summed E-state index contributed by atoms with van der Waals surface area (Å²) >= 11 is 0. The summed E-state index contributed by atoms with van der Waals surface area (Å²) in [5, 5.41) is 0. The molecular weight excluding hydrogens is 213 g/mol. The molecule has 0 atom stereocenters. The van der Waals surface area contributed by atoms with Crippen molar-refractivity contribution >= 4 is 22.7 Å². The van der Waals surface area contributed by atoms with Gasteiger partial charge in [-0.05, 0) is 12.1 Å². The fourth-order valence-electron chi connectivity index (χ4n) is 0.682. The molecular formula is C7H9BrFNO. The molecule has 2 nitrogen and oxygen atoms in total. The second-order valence-corrected chi connectivity index (χ2v) is 1.83. The van der Waals surface area contributed by atoms with Crippen LogP contribution in [-0.4, -0.2) is 7.11 Å².